The Morgan fingerprint density at radius 2 is 1.27 bits per heavy atom. The summed E-state index contributed by atoms with van der Waals surface area (Å²) in [7, 11) is -4.40. The van der Waals surface area contributed by atoms with Crippen molar-refractivity contribution in [2.45, 2.75) is 92.1 Å². The fourth-order valence-corrected chi connectivity index (χ4v) is 3.88. The monoisotopic (exact) mass is 439 g/mol. The Kier molecular flexibility index (Phi) is 14.7. The van der Waals surface area contributed by atoms with Crippen LogP contribution in [0.25, 0.3) is 0 Å². The van der Waals surface area contributed by atoms with E-state index in [1.807, 2.05) is 13.0 Å². The molecule has 6 heteroatoms. The maximum Gasteiger partial charge on any atom is 0.337 e. The van der Waals surface area contributed by atoms with E-state index in [0.717, 1.165) is 44.1 Å². The number of carbonyl (C=O) groups excluding carboxylic acids is 1. The van der Waals surface area contributed by atoms with Crippen molar-refractivity contribution >= 4 is 13.5 Å². The number of nitrogens with one attached hydrogen (secondary N) is 1. The van der Waals surface area contributed by atoms with E-state index < -0.39 is 19.2 Å². The molecule has 0 aliphatic rings. The second-order valence-corrected chi connectivity index (χ2v) is 10.1. The minimum absolute atomic E-state index is 0.118. The van der Waals surface area contributed by atoms with Crippen LogP contribution in [-0.4, -0.2) is 27.9 Å². The highest BCUT2D eigenvalue weighted by Gasteiger charge is 2.33. The van der Waals surface area contributed by atoms with Crippen LogP contribution in [0, 0.1) is 0 Å². The molecule has 0 rings (SSSR count). The van der Waals surface area contributed by atoms with Gasteiger partial charge in [0.1, 0.15) is 5.66 Å². The summed E-state index contributed by atoms with van der Waals surface area (Å²) in [6.45, 7) is 12.5. The zero-order valence-corrected chi connectivity index (χ0v) is 20.6. The second kappa shape index (κ2) is 15.4. The van der Waals surface area contributed by atoms with Gasteiger partial charge >= 0.3 is 7.60 Å². The molecule has 1 unspecified atom stereocenters. The first kappa shape index (κ1) is 28.6. The third kappa shape index (κ3) is 14.5. The maximum absolute atomic E-state index is 11.9. The minimum Gasteiger partial charge on any atom is -0.352 e. The summed E-state index contributed by atoms with van der Waals surface area (Å²) in [5.41, 5.74) is 4.10. The third-order valence-corrected chi connectivity index (χ3v) is 6.39. The first-order valence-electron chi connectivity index (χ1n) is 10.9. The SMILES string of the molecule is CCC(C(=O)NCC=C(C)CCC=C(C)CCC=C(C)CCC=C(C)C)P(=O)(O)O. The third-order valence-electron chi connectivity index (χ3n) is 4.98. The summed E-state index contributed by atoms with van der Waals surface area (Å²) in [6.07, 6.45) is 15.1. The van der Waals surface area contributed by atoms with Gasteiger partial charge in [0.2, 0.25) is 5.91 Å². The van der Waals surface area contributed by atoms with Crippen molar-refractivity contribution in [3.05, 3.63) is 46.6 Å². The van der Waals surface area contributed by atoms with Crippen LogP contribution in [0.1, 0.15) is 86.5 Å². The van der Waals surface area contributed by atoms with Crippen molar-refractivity contribution in [1.82, 2.24) is 5.32 Å². The van der Waals surface area contributed by atoms with E-state index in [0.29, 0.717) is 6.54 Å². The molecule has 0 aromatic carbocycles. The van der Waals surface area contributed by atoms with Crippen LogP contribution in [0.2, 0.25) is 0 Å². The first-order valence-corrected chi connectivity index (χ1v) is 12.6. The molecule has 0 bridgehead atoms. The van der Waals surface area contributed by atoms with Gasteiger partial charge in [-0.05, 0) is 79.6 Å². The molecular formula is C24H42NO4P. The molecule has 5 nitrogen and oxygen atoms in total. The van der Waals surface area contributed by atoms with Crippen LogP contribution in [-0.2, 0) is 9.36 Å². The van der Waals surface area contributed by atoms with E-state index in [1.54, 1.807) is 6.92 Å². The lowest BCUT2D eigenvalue weighted by molar-refractivity contribution is -0.120. The van der Waals surface area contributed by atoms with E-state index in [1.165, 1.54) is 16.7 Å². The Bertz CT molecular complexity index is 694. The Hall–Kier alpha value is -1.42. The van der Waals surface area contributed by atoms with Gasteiger partial charge in [-0.15, -0.1) is 0 Å². The Morgan fingerprint density at radius 3 is 1.67 bits per heavy atom. The summed E-state index contributed by atoms with van der Waals surface area (Å²) in [5, 5.41) is 2.60. The van der Waals surface area contributed by atoms with Crippen molar-refractivity contribution in [3.63, 3.8) is 0 Å². The van der Waals surface area contributed by atoms with E-state index in [-0.39, 0.29) is 6.42 Å². The largest absolute Gasteiger partial charge is 0.352 e. The van der Waals surface area contributed by atoms with Crippen molar-refractivity contribution in [2.24, 2.45) is 0 Å². The molecule has 0 heterocycles. The Morgan fingerprint density at radius 1 is 0.833 bits per heavy atom. The summed E-state index contributed by atoms with van der Waals surface area (Å²) < 4.78 is 11.3. The van der Waals surface area contributed by atoms with Gasteiger partial charge < -0.3 is 15.1 Å². The molecule has 0 spiro atoms. The molecule has 0 saturated heterocycles. The Balaban J connectivity index is 4.24. The van der Waals surface area contributed by atoms with Gasteiger partial charge in [0.05, 0.1) is 0 Å². The molecule has 0 aromatic heterocycles. The van der Waals surface area contributed by atoms with Gasteiger partial charge in [0.25, 0.3) is 0 Å². The topological polar surface area (TPSA) is 86.6 Å². The maximum atomic E-state index is 11.9. The van der Waals surface area contributed by atoms with Crippen molar-refractivity contribution in [1.29, 1.82) is 0 Å². The molecule has 30 heavy (non-hydrogen) atoms. The molecule has 0 aliphatic carbocycles. The number of amides is 1. The van der Waals surface area contributed by atoms with E-state index in [4.69, 9.17) is 0 Å². The molecule has 3 N–H and O–H groups in total. The lowest BCUT2D eigenvalue weighted by Crippen LogP contribution is -2.34. The normalized spacial score (nSPS) is 14.5. The predicted molar refractivity (Wildman–Crippen MR) is 128 cm³/mol. The summed E-state index contributed by atoms with van der Waals surface area (Å²) in [5.74, 6) is -0.588. The van der Waals surface area contributed by atoms with Crippen LogP contribution < -0.4 is 5.32 Å². The van der Waals surface area contributed by atoms with Crippen molar-refractivity contribution in [2.75, 3.05) is 6.54 Å². The smallest absolute Gasteiger partial charge is 0.337 e. The number of carbonyl (C=O) groups is 1. The van der Waals surface area contributed by atoms with Gasteiger partial charge in [-0.3, -0.25) is 9.36 Å². The van der Waals surface area contributed by atoms with Crippen molar-refractivity contribution < 1.29 is 19.1 Å². The van der Waals surface area contributed by atoms with Gasteiger partial charge in [-0.1, -0.05) is 53.5 Å². The van der Waals surface area contributed by atoms with E-state index in [2.05, 4.69) is 51.2 Å². The van der Waals surface area contributed by atoms with E-state index in [9.17, 15) is 19.1 Å². The fourth-order valence-electron chi connectivity index (χ4n) is 3.01. The lowest BCUT2D eigenvalue weighted by atomic mass is 10.0. The fraction of sp³-hybridized carbons (Fsp3) is 0.625. The van der Waals surface area contributed by atoms with Gasteiger partial charge in [0.15, 0.2) is 0 Å². The highest BCUT2D eigenvalue weighted by Crippen LogP contribution is 2.42. The van der Waals surface area contributed by atoms with Gasteiger partial charge in [0, 0.05) is 6.54 Å². The zero-order valence-electron chi connectivity index (χ0n) is 19.7. The van der Waals surface area contributed by atoms with Crippen LogP contribution in [0.5, 0.6) is 0 Å². The van der Waals surface area contributed by atoms with Crippen LogP contribution >= 0.6 is 7.60 Å². The highest BCUT2D eigenvalue weighted by atomic mass is 31.2. The number of rotatable bonds is 14. The second-order valence-electron chi connectivity index (χ2n) is 8.31. The molecule has 1 atom stereocenters. The average Bonchev–Trinajstić information content (AvgIpc) is 2.60. The minimum atomic E-state index is -4.40. The molecular weight excluding hydrogens is 397 g/mol. The molecule has 0 radical (unpaired) electrons. The molecule has 0 saturated carbocycles. The lowest BCUT2D eigenvalue weighted by Gasteiger charge is -2.15. The molecule has 0 aliphatic heterocycles. The standard InChI is InChI=1S/C24H42NO4P/c1-7-23(30(27,28)29)24(26)25-18-17-22(6)16-10-15-21(5)14-9-13-20(4)12-8-11-19(2)3/h11,13,15,17,23H,7-10,12,14,16,18H2,1-6H3,(H,25,26)(H2,27,28,29). The average molecular weight is 440 g/mol. The zero-order chi connectivity index (χ0) is 23.2. The van der Waals surface area contributed by atoms with Crippen LogP contribution in [0.3, 0.4) is 0 Å². The number of allylic oxidation sites excluding steroid dienone is 7. The summed E-state index contributed by atoms with van der Waals surface area (Å²) in [6, 6.07) is 0. The molecule has 1 amide bonds. The summed E-state index contributed by atoms with van der Waals surface area (Å²) >= 11 is 0. The number of hydrogen-bond acceptors (Lipinski definition) is 2. The predicted octanol–water partition coefficient (Wildman–Crippen LogP) is 6.20. The molecule has 172 valence electrons. The van der Waals surface area contributed by atoms with Crippen LogP contribution in [0.4, 0.5) is 0 Å². The van der Waals surface area contributed by atoms with Crippen molar-refractivity contribution in [3.8, 4) is 0 Å². The van der Waals surface area contributed by atoms with Gasteiger partial charge in [-0.2, -0.15) is 0 Å². The molecule has 0 fully saturated rings. The summed E-state index contributed by atoms with van der Waals surface area (Å²) in [4.78, 5) is 30.3. The number of hydrogen-bond donors (Lipinski definition) is 3. The quantitative estimate of drug-likeness (QED) is 0.222. The first-order chi connectivity index (χ1) is 14.0. The highest BCUT2D eigenvalue weighted by molar-refractivity contribution is 7.53. The molecule has 0 aromatic rings. The van der Waals surface area contributed by atoms with Gasteiger partial charge in [-0.25, -0.2) is 0 Å². The Labute approximate surface area is 183 Å². The van der Waals surface area contributed by atoms with Crippen LogP contribution in [0.15, 0.2) is 46.6 Å². The van der Waals surface area contributed by atoms with E-state index >= 15 is 0 Å².